The number of halogens is 2. The van der Waals surface area contributed by atoms with E-state index in [9.17, 15) is 9.18 Å². The smallest absolute Gasteiger partial charge is 0.307 e. The molecule has 5 heteroatoms. The van der Waals surface area contributed by atoms with Crippen molar-refractivity contribution in [2.45, 2.75) is 6.42 Å². The van der Waals surface area contributed by atoms with Crippen LogP contribution in [-0.2, 0) is 11.2 Å². The van der Waals surface area contributed by atoms with Crippen molar-refractivity contribution in [3.8, 4) is 0 Å². The Balaban J connectivity index is 2.65. The van der Waals surface area contributed by atoms with E-state index in [2.05, 4.69) is 20.9 Å². The third kappa shape index (κ3) is 1.87. The van der Waals surface area contributed by atoms with Gasteiger partial charge in [0.15, 0.2) is 0 Å². The highest BCUT2D eigenvalue weighted by atomic mass is 79.9. The van der Waals surface area contributed by atoms with Crippen molar-refractivity contribution in [2.75, 3.05) is 0 Å². The van der Waals surface area contributed by atoms with Gasteiger partial charge in [0.25, 0.3) is 0 Å². The first-order chi connectivity index (χ1) is 7.08. The van der Waals surface area contributed by atoms with Gasteiger partial charge in [-0.2, -0.15) is 0 Å². The number of hydrogen-bond donors (Lipinski definition) is 2. The maximum absolute atomic E-state index is 13.0. The number of aromatic amines is 1. The van der Waals surface area contributed by atoms with Crippen LogP contribution in [0.5, 0.6) is 0 Å². The maximum atomic E-state index is 13.0. The van der Waals surface area contributed by atoms with E-state index in [1.54, 1.807) is 6.07 Å². The minimum Gasteiger partial charge on any atom is -0.481 e. The summed E-state index contributed by atoms with van der Waals surface area (Å²) < 4.78 is 13.6. The molecule has 0 bridgehead atoms. The summed E-state index contributed by atoms with van der Waals surface area (Å²) in [7, 11) is 0. The van der Waals surface area contributed by atoms with E-state index >= 15 is 0 Å². The van der Waals surface area contributed by atoms with Gasteiger partial charge < -0.3 is 10.1 Å². The molecule has 15 heavy (non-hydrogen) atoms. The van der Waals surface area contributed by atoms with Gasteiger partial charge in [0.1, 0.15) is 5.82 Å². The molecule has 3 nitrogen and oxygen atoms in total. The van der Waals surface area contributed by atoms with E-state index in [-0.39, 0.29) is 12.2 Å². The molecule has 0 saturated heterocycles. The fourth-order valence-corrected chi connectivity index (χ4v) is 2.08. The number of carboxylic acids is 1. The second-order valence-corrected chi connectivity index (χ2v) is 3.97. The Morgan fingerprint density at radius 1 is 1.53 bits per heavy atom. The molecule has 2 aromatic rings. The van der Waals surface area contributed by atoms with Gasteiger partial charge in [0.2, 0.25) is 0 Å². The fourth-order valence-electron chi connectivity index (χ4n) is 1.51. The lowest BCUT2D eigenvalue weighted by molar-refractivity contribution is -0.136. The van der Waals surface area contributed by atoms with Crippen molar-refractivity contribution in [2.24, 2.45) is 0 Å². The largest absolute Gasteiger partial charge is 0.481 e. The van der Waals surface area contributed by atoms with Crippen LogP contribution in [0.4, 0.5) is 4.39 Å². The predicted molar refractivity (Wildman–Crippen MR) is 57.3 cm³/mol. The number of carbonyl (C=O) groups is 1. The van der Waals surface area contributed by atoms with Gasteiger partial charge in [-0.3, -0.25) is 4.79 Å². The lowest BCUT2D eigenvalue weighted by Crippen LogP contribution is -1.99. The first-order valence-electron chi connectivity index (χ1n) is 4.25. The van der Waals surface area contributed by atoms with Crippen molar-refractivity contribution >= 4 is 32.8 Å². The zero-order valence-electron chi connectivity index (χ0n) is 7.55. The Bertz CT molecular complexity index is 535. The summed E-state index contributed by atoms with van der Waals surface area (Å²) in [6.07, 6.45) is -0.135. The number of nitrogens with one attached hydrogen (secondary N) is 1. The van der Waals surface area contributed by atoms with E-state index in [1.807, 2.05) is 0 Å². The van der Waals surface area contributed by atoms with Gasteiger partial charge in [0.05, 0.1) is 11.0 Å². The van der Waals surface area contributed by atoms with Gasteiger partial charge >= 0.3 is 5.97 Å². The number of fused-ring (bicyclic) bond motifs is 1. The average molecular weight is 272 g/mol. The number of hydrogen-bond acceptors (Lipinski definition) is 1. The molecular formula is C10H7BrFNO2. The number of H-pyrrole nitrogens is 1. The third-order valence-electron chi connectivity index (χ3n) is 2.14. The van der Waals surface area contributed by atoms with Crippen LogP contribution in [-0.4, -0.2) is 16.1 Å². The van der Waals surface area contributed by atoms with E-state index in [4.69, 9.17) is 5.11 Å². The van der Waals surface area contributed by atoms with E-state index in [0.717, 1.165) is 5.52 Å². The van der Waals surface area contributed by atoms with Crippen LogP contribution in [0.25, 0.3) is 10.9 Å². The SMILES string of the molecule is O=C(O)Cc1c(Br)[nH]c2ccc(F)cc12. The lowest BCUT2D eigenvalue weighted by atomic mass is 10.1. The lowest BCUT2D eigenvalue weighted by Gasteiger charge is -1.95. The molecule has 78 valence electrons. The Kier molecular flexibility index (Phi) is 2.48. The summed E-state index contributed by atoms with van der Waals surface area (Å²) in [6.45, 7) is 0. The fraction of sp³-hybridized carbons (Fsp3) is 0.100. The van der Waals surface area contributed by atoms with Crippen molar-refractivity contribution < 1.29 is 14.3 Å². The van der Waals surface area contributed by atoms with Crippen LogP contribution in [0.2, 0.25) is 0 Å². The highest BCUT2D eigenvalue weighted by Gasteiger charge is 2.12. The normalized spacial score (nSPS) is 10.8. The van der Waals surface area contributed by atoms with Gasteiger partial charge in [0, 0.05) is 16.5 Å². The summed E-state index contributed by atoms with van der Waals surface area (Å²) in [6, 6.07) is 4.24. The zero-order valence-corrected chi connectivity index (χ0v) is 9.14. The van der Waals surface area contributed by atoms with Gasteiger partial charge in [-0.15, -0.1) is 0 Å². The topological polar surface area (TPSA) is 53.1 Å². The van der Waals surface area contributed by atoms with Gasteiger partial charge in [-0.25, -0.2) is 4.39 Å². The molecule has 1 heterocycles. The van der Waals surface area contributed by atoms with Crippen molar-refractivity contribution in [1.82, 2.24) is 4.98 Å². The Hall–Kier alpha value is -1.36. The molecule has 2 rings (SSSR count). The highest BCUT2D eigenvalue weighted by Crippen LogP contribution is 2.27. The van der Waals surface area contributed by atoms with Crippen LogP contribution < -0.4 is 0 Å². The third-order valence-corrected chi connectivity index (χ3v) is 2.82. The minimum absolute atomic E-state index is 0.135. The van der Waals surface area contributed by atoms with Gasteiger partial charge in [-0.1, -0.05) is 0 Å². The summed E-state index contributed by atoms with van der Waals surface area (Å²) in [4.78, 5) is 13.6. The molecule has 0 fully saturated rings. The standard InChI is InChI=1S/C10H7BrFNO2/c11-10-7(4-9(14)15)6-3-5(12)1-2-8(6)13-10/h1-3,13H,4H2,(H,14,15). The molecule has 1 aromatic carbocycles. The molecule has 0 aliphatic heterocycles. The molecule has 0 aliphatic rings. The molecule has 0 spiro atoms. The van der Waals surface area contributed by atoms with Crippen molar-refractivity contribution in [1.29, 1.82) is 0 Å². The van der Waals surface area contributed by atoms with E-state index in [0.29, 0.717) is 15.6 Å². The van der Waals surface area contributed by atoms with Crippen LogP contribution in [0, 0.1) is 5.82 Å². The predicted octanol–water partition coefficient (Wildman–Crippen LogP) is 2.70. The molecule has 1 aromatic heterocycles. The van der Waals surface area contributed by atoms with Crippen LogP contribution in [0.3, 0.4) is 0 Å². The zero-order chi connectivity index (χ0) is 11.0. The van der Waals surface area contributed by atoms with Crippen LogP contribution >= 0.6 is 15.9 Å². The first kappa shape index (κ1) is 10.2. The van der Waals surface area contributed by atoms with Gasteiger partial charge in [-0.05, 0) is 34.1 Å². The maximum Gasteiger partial charge on any atom is 0.307 e. The number of benzene rings is 1. The molecule has 0 atom stereocenters. The Morgan fingerprint density at radius 3 is 2.93 bits per heavy atom. The summed E-state index contributed by atoms with van der Waals surface area (Å²) in [5.74, 6) is -1.32. The quantitative estimate of drug-likeness (QED) is 0.883. The van der Waals surface area contributed by atoms with E-state index < -0.39 is 5.97 Å². The van der Waals surface area contributed by atoms with Crippen LogP contribution in [0.15, 0.2) is 22.8 Å². The number of rotatable bonds is 2. The average Bonchev–Trinajstić information content (AvgIpc) is 2.43. The molecule has 0 aliphatic carbocycles. The molecule has 2 N–H and O–H groups in total. The number of aromatic nitrogens is 1. The molecule has 0 saturated carbocycles. The first-order valence-corrected chi connectivity index (χ1v) is 5.04. The number of carboxylic acid groups (broad SMARTS) is 1. The van der Waals surface area contributed by atoms with E-state index in [1.165, 1.54) is 12.1 Å². The van der Waals surface area contributed by atoms with Crippen LogP contribution in [0.1, 0.15) is 5.56 Å². The monoisotopic (exact) mass is 271 g/mol. The summed E-state index contributed by atoms with van der Waals surface area (Å²) in [5.41, 5.74) is 1.29. The van der Waals surface area contributed by atoms with Crippen molar-refractivity contribution in [3.63, 3.8) is 0 Å². The van der Waals surface area contributed by atoms with Crippen molar-refractivity contribution in [3.05, 3.63) is 34.2 Å². The Morgan fingerprint density at radius 2 is 2.27 bits per heavy atom. The number of aliphatic carboxylic acids is 1. The molecular weight excluding hydrogens is 265 g/mol. The highest BCUT2D eigenvalue weighted by molar-refractivity contribution is 9.10. The summed E-state index contributed by atoms with van der Waals surface area (Å²) in [5, 5.41) is 9.31. The minimum atomic E-state index is -0.944. The molecule has 0 amide bonds. The summed E-state index contributed by atoms with van der Waals surface area (Å²) >= 11 is 3.22. The molecule has 0 radical (unpaired) electrons. The Labute approximate surface area is 93.0 Å². The second kappa shape index (κ2) is 3.66. The second-order valence-electron chi connectivity index (χ2n) is 3.18. The molecule has 0 unspecified atom stereocenters.